The lowest BCUT2D eigenvalue weighted by molar-refractivity contribution is -0.923. The Hall–Kier alpha value is -1.14. The monoisotopic (exact) mass is 430 g/mol. The van der Waals surface area contributed by atoms with Crippen LogP contribution in [-0.4, -0.2) is 86.5 Å². The average molecular weight is 431 g/mol. The minimum absolute atomic E-state index is 0.0970. The van der Waals surface area contributed by atoms with Crippen molar-refractivity contribution < 1.29 is 28.0 Å². The molecule has 0 fully saturated rings. The molecule has 0 aliphatic rings. The first-order valence-electron chi connectivity index (χ1n) is 12.4. The first kappa shape index (κ1) is 28.9. The minimum Gasteiger partial charge on any atom is -0.460 e. The van der Waals surface area contributed by atoms with E-state index in [2.05, 4.69) is 41.5 Å². The molecule has 0 atom stereocenters. The number of ether oxygens (including phenoxy) is 2. The number of carbonyl (C=O) groups is 2. The standard InChI is InChI=1S/C24H50N2O4/c1-7-25(8-2,9-3)19-21-29-23(27)17-15-13-14-16-18-24(28)30-22-20-26(10-4,11-5)12-6/h7-22H2,1-6H3/q+2. The van der Waals surface area contributed by atoms with Gasteiger partial charge in [-0.1, -0.05) is 12.8 Å². The summed E-state index contributed by atoms with van der Waals surface area (Å²) in [5.74, 6) is -0.194. The van der Waals surface area contributed by atoms with Crippen LogP contribution in [0.3, 0.4) is 0 Å². The number of rotatable bonds is 19. The van der Waals surface area contributed by atoms with E-state index in [1.165, 1.54) is 0 Å². The number of quaternary nitrogens is 2. The van der Waals surface area contributed by atoms with Crippen LogP contribution in [0.5, 0.6) is 0 Å². The number of esters is 2. The van der Waals surface area contributed by atoms with E-state index in [-0.39, 0.29) is 11.9 Å². The summed E-state index contributed by atoms with van der Waals surface area (Å²) in [5, 5.41) is 0. The fourth-order valence-corrected chi connectivity index (χ4v) is 4.03. The fraction of sp³-hybridized carbons (Fsp3) is 0.917. The summed E-state index contributed by atoms with van der Waals surface area (Å²) in [4.78, 5) is 23.8. The molecule has 0 spiro atoms. The molecule has 0 bridgehead atoms. The number of hydrogen-bond donors (Lipinski definition) is 0. The number of nitrogens with zero attached hydrogens (tertiary/aromatic N) is 2. The molecule has 0 heterocycles. The zero-order valence-electron chi connectivity index (χ0n) is 20.8. The third-order valence-corrected chi connectivity index (χ3v) is 7.19. The molecular weight excluding hydrogens is 380 g/mol. The van der Waals surface area contributed by atoms with E-state index in [4.69, 9.17) is 9.47 Å². The van der Waals surface area contributed by atoms with Crippen molar-refractivity contribution in [1.29, 1.82) is 0 Å². The molecule has 0 saturated heterocycles. The van der Waals surface area contributed by atoms with Crippen LogP contribution >= 0.6 is 0 Å². The highest BCUT2D eigenvalue weighted by atomic mass is 16.5. The Balaban J connectivity index is 3.77. The Bertz CT molecular complexity index is 402. The Morgan fingerprint density at radius 1 is 0.533 bits per heavy atom. The van der Waals surface area contributed by atoms with Gasteiger partial charge in [-0.2, -0.15) is 0 Å². The van der Waals surface area contributed by atoms with Crippen molar-refractivity contribution in [2.24, 2.45) is 0 Å². The van der Waals surface area contributed by atoms with Gasteiger partial charge in [0.1, 0.15) is 26.3 Å². The van der Waals surface area contributed by atoms with Crippen LogP contribution in [0, 0.1) is 0 Å². The van der Waals surface area contributed by atoms with Gasteiger partial charge in [0.25, 0.3) is 0 Å². The molecule has 6 heteroatoms. The summed E-state index contributed by atoms with van der Waals surface area (Å²) in [5.41, 5.74) is 0. The molecule has 0 aliphatic heterocycles. The molecule has 0 saturated carbocycles. The predicted molar refractivity (Wildman–Crippen MR) is 123 cm³/mol. The zero-order valence-corrected chi connectivity index (χ0v) is 20.8. The van der Waals surface area contributed by atoms with Crippen molar-refractivity contribution in [3.8, 4) is 0 Å². The van der Waals surface area contributed by atoms with Crippen LogP contribution < -0.4 is 0 Å². The largest absolute Gasteiger partial charge is 0.460 e. The maximum atomic E-state index is 11.9. The molecule has 0 N–H and O–H groups in total. The molecular formula is C24H50N2O4+2. The number of carbonyl (C=O) groups excluding carboxylic acids is 2. The van der Waals surface area contributed by atoms with Crippen LogP contribution in [0.25, 0.3) is 0 Å². The average Bonchev–Trinajstić information content (AvgIpc) is 2.77. The zero-order chi connectivity index (χ0) is 22.9. The van der Waals surface area contributed by atoms with Gasteiger partial charge in [-0.15, -0.1) is 0 Å². The van der Waals surface area contributed by atoms with E-state index in [1.54, 1.807) is 0 Å². The molecule has 0 radical (unpaired) electrons. The molecule has 0 aromatic carbocycles. The molecule has 0 rings (SSSR count). The quantitative estimate of drug-likeness (QED) is 0.175. The second kappa shape index (κ2) is 16.5. The molecule has 0 amide bonds. The summed E-state index contributed by atoms with van der Waals surface area (Å²) in [6.45, 7) is 22.4. The second-order valence-electron chi connectivity index (χ2n) is 8.38. The van der Waals surface area contributed by atoms with Gasteiger partial charge in [-0.25, -0.2) is 0 Å². The van der Waals surface area contributed by atoms with Crippen molar-refractivity contribution in [3.63, 3.8) is 0 Å². The molecule has 30 heavy (non-hydrogen) atoms. The topological polar surface area (TPSA) is 52.6 Å². The first-order chi connectivity index (χ1) is 14.4. The third kappa shape index (κ3) is 11.3. The molecule has 178 valence electrons. The Morgan fingerprint density at radius 3 is 1.10 bits per heavy atom. The van der Waals surface area contributed by atoms with Crippen LogP contribution in [-0.2, 0) is 19.1 Å². The number of unbranched alkanes of at least 4 members (excludes halogenated alkanes) is 3. The lowest BCUT2D eigenvalue weighted by atomic mass is 10.1. The highest BCUT2D eigenvalue weighted by Gasteiger charge is 2.21. The van der Waals surface area contributed by atoms with E-state index in [1.807, 2.05) is 0 Å². The molecule has 0 aromatic heterocycles. The summed E-state index contributed by atoms with van der Waals surface area (Å²) in [6.07, 6.45) is 4.49. The van der Waals surface area contributed by atoms with E-state index in [0.29, 0.717) is 26.1 Å². The van der Waals surface area contributed by atoms with Gasteiger partial charge in [0.05, 0.1) is 39.3 Å². The lowest BCUT2D eigenvalue weighted by Crippen LogP contribution is -2.49. The normalized spacial score (nSPS) is 12.1. The minimum atomic E-state index is -0.0970. The van der Waals surface area contributed by atoms with E-state index in [0.717, 1.165) is 87.0 Å². The smallest absolute Gasteiger partial charge is 0.305 e. The molecule has 0 aromatic rings. The summed E-state index contributed by atoms with van der Waals surface area (Å²) in [6, 6.07) is 0. The van der Waals surface area contributed by atoms with E-state index in [9.17, 15) is 9.59 Å². The van der Waals surface area contributed by atoms with Gasteiger partial charge in [0.15, 0.2) is 0 Å². The summed E-state index contributed by atoms with van der Waals surface area (Å²) >= 11 is 0. The Morgan fingerprint density at radius 2 is 0.833 bits per heavy atom. The maximum Gasteiger partial charge on any atom is 0.305 e. The van der Waals surface area contributed by atoms with Gasteiger partial charge >= 0.3 is 11.9 Å². The van der Waals surface area contributed by atoms with Gasteiger partial charge < -0.3 is 18.4 Å². The van der Waals surface area contributed by atoms with Crippen LogP contribution in [0.15, 0.2) is 0 Å². The van der Waals surface area contributed by atoms with Crippen molar-refractivity contribution in [2.75, 3.05) is 65.6 Å². The maximum absolute atomic E-state index is 11.9. The van der Waals surface area contributed by atoms with Gasteiger partial charge in [-0.05, 0) is 54.4 Å². The van der Waals surface area contributed by atoms with Crippen LogP contribution in [0.1, 0.15) is 80.1 Å². The van der Waals surface area contributed by atoms with Crippen molar-refractivity contribution in [3.05, 3.63) is 0 Å². The van der Waals surface area contributed by atoms with Crippen molar-refractivity contribution in [1.82, 2.24) is 0 Å². The third-order valence-electron chi connectivity index (χ3n) is 7.19. The molecule has 0 aliphatic carbocycles. The van der Waals surface area contributed by atoms with Crippen LogP contribution in [0.2, 0.25) is 0 Å². The van der Waals surface area contributed by atoms with Crippen LogP contribution in [0.4, 0.5) is 0 Å². The van der Waals surface area contributed by atoms with Crippen molar-refractivity contribution in [2.45, 2.75) is 80.1 Å². The highest BCUT2D eigenvalue weighted by Crippen LogP contribution is 2.09. The Kier molecular flexibility index (Phi) is 15.9. The lowest BCUT2D eigenvalue weighted by Gasteiger charge is -2.35. The van der Waals surface area contributed by atoms with Gasteiger partial charge in [0.2, 0.25) is 0 Å². The highest BCUT2D eigenvalue weighted by molar-refractivity contribution is 5.69. The van der Waals surface area contributed by atoms with Gasteiger partial charge in [-0.3, -0.25) is 9.59 Å². The van der Waals surface area contributed by atoms with E-state index >= 15 is 0 Å². The predicted octanol–water partition coefficient (Wildman–Crippen LogP) is 4.17. The second-order valence-corrected chi connectivity index (χ2v) is 8.38. The molecule has 0 unspecified atom stereocenters. The van der Waals surface area contributed by atoms with Gasteiger partial charge in [0, 0.05) is 12.8 Å². The fourth-order valence-electron chi connectivity index (χ4n) is 4.03. The number of likely N-dealkylation sites (N-methyl/N-ethyl adjacent to an activating group) is 2. The SMILES string of the molecule is CC[N+](CC)(CC)CCOC(=O)CCCCCCC(=O)OCC[N+](CC)(CC)CC. The first-order valence-corrected chi connectivity index (χ1v) is 12.4. The van der Waals surface area contributed by atoms with E-state index < -0.39 is 0 Å². The molecule has 6 nitrogen and oxygen atoms in total. The van der Waals surface area contributed by atoms with Crippen molar-refractivity contribution >= 4 is 11.9 Å². The number of hydrogen-bond acceptors (Lipinski definition) is 4. The summed E-state index contributed by atoms with van der Waals surface area (Å²) in [7, 11) is 0. The summed E-state index contributed by atoms with van der Waals surface area (Å²) < 4.78 is 12.8. The Labute approximate surface area is 186 Å².